The van der Waals surface area contributed by atoms with E-state index < -0.39 is 0 Å². The van der Waals surface area contributed by atoms with Gasteiger partial charge in [-0.05, 0) is 26.6 Å². The molecule has 0 aromatic carbocycles. The first-order chi connectivity index (χ1) is 7.11. The van der Waals surface area contributed by atoms with Crippen LogP contribution < -0.4 is 0 Å². The second kappa shape index (κ2) is 5.98. The van der Waals surface area contributed by atoms with Gasteiger partial charge in [0.05, 0.1) is 0 Å². The van der Waals surface area contributed by atoms with Crippen LogP contribution in [0.3, 0.4) is 0 Å². The van der Waals surface area contributed by atoms with Crippen LogP contribution in [0.1, 0.15) is 24.9 Å². The predicted molar refractivity (Wildman–Crippen MR) is 65.7 cm³/mol. The smallest absolute Gasteiger partial charge is 0.129 e. The monoisotopic (exact) mass is 225 g/mol. The molecule has 0 aliphatic rings. The fourth-order valence-electron chi connectivity index (χ4n) is 1.42. The Balaban J connectivity index is 2.75. The Hall–Kier alpha value is -0.740. The maximum Gasteiger partial charge on any atom is 0.129 e. The summed E-state index contributed by atoms with van der Waals surface area (Å²) < 4.78 is 0.700. The van der Waals surface area contributed by atoms with E-state index in [1.165, 1.54) is 5.69 Å². The number of likely N-dealkylation sites (N-methyl/N-ethyl adjacent to an activating group) is 1. The quantitative estimate of drug-likeness (QED) is 0.780. The van der Waals surface area contributed by atoms with Crippen molar-refractivity contribution in [3.63, 3.8) is 0 Å². The van der Waals surface area contributed by atoms with Crippen LogP contribution >= 0.6 is 12.2 Å². The number of nitrogens with zero attached hydrogens (tertiary/aromatic N) is 2. The lowest BCUT2D eigenvalue weighted by molar-refractivity contribution is 0.409. The minimum atomic E-state index is 0.700. The van der Waals surface area contributed by atoms with Gasteiger partial charge >= 0.3 is 0 Å². The molecule has 0 aliphatic carbocycles. The van der Waals surface area contributed by atoms with E-state index in [0.29, 0.717) is 4.64 Å². The summed E-state index contributed by atoms with van der Waals surface area (Å²) in [7, 11) is 4.12. The maximum atomic E-state index is 5.14. The molecular weight excluding hydrogens is 206 g/mol. The number of nitrogens with one attached hydrogen (secondary N) is 1. The van der Waals surface area contributed by atoms with Crippen molar-refractivity contribution in [2.45, 2.75) is 26.2 Å². The number of aromatic amines is 1. The minimum Gasteiger partial charge on any atom is -0.347 e. The third-order valence-electron chi connectivity index (χ3n) is 2.16. The lowest BCUT2D eigenvalue weighted by atomic mass is 10.2. The van der Waals surface area contributed by atoms with Crippen LogP contribution in [0, 0.1) is 4.64 Å². The molecule has 0 fully saturated rings. The molecule has 0 amide bonds. The van der Waals surface area contributed by atoms with E-state index in [2.05, 4.69) is 35.9 Å². The molecule has 1 N–H and O–H groups in total. The third-order valence-corrected chi connectivity index (χ3v) is 2.37. The number of aryl methyl sites for hydroxylation is 1. The molecule has 15 heavy (non-hydrogen) atoms. The zero-order valence-corrected chi connectivity index (χ0v) is 10.5. The van der Waals surface area contributed by atoms with Crippen LogP contribution in [-0.4, -0.2) is 35.5 Å². The average Bonchev–Trinajstić information content (AvgIpc) is 2.14. The van der Waals surface area contributed by atoms with Gasteiger partial charge in [0.1, 0.15) is 10.5 Å². The second-order valence-electron chi connectivity index (χ2n) is 3.99. The van der Waals surface area contributed by atoms with Gasteiger partial charge in [-0.1, -0.05) is 25.6 Å². The number of rotatable bonds is 5. The van der Waals surface area contributed by atoms with Crippen molar-refractivity contribution >= 4 is 12.2 Å². The van der Waals surface area contributed by atoms with Crippen molar-refractivity contribution < 1.29 is 0 Å². The SMILES string of the molecule is CCCc1cc(=S)nc(CCN(C)C)[nH]1. The van der Waals surface area contributed by atoms with Crippen LogP contribution in [0.2, 0.25) is 0 Å². The summed E-state index contributed by atoms with van der Waals surface area (Å²) in [5, 5.41) is 0. The Labute approximate surface area is 96.5 Å². The Morgan fingerprint density at radius 1 is 1.40 bits per heavy atom. The van der Waals surface area contributed by atoms with Gasteiger partial charge in [-0.3, -0.25) is 0 Å². The van der Waals surface area contributed by atoms with Gasteiger partial charge in [0.15, 0.2) is 0 Å². The topological polar surface area (TPSA) is 31.9 Å². The standard InChI is InChI=1S/C11H19N3S/c1-4-5-9-8-11(15)13-10(12-9)6-7-14(2)3/h8H,4-7H2,1-3H3,(H,12,13,15). The minimum absolute atomic E-state index is 0.700. The van der Waals surface area contributed by atoms with E-state index in [1.54, 1.807) is 0 Å². The molecular formula is C11H19N3S. The van der Waals surface area contributed by atoms with E-state index in [0.717, 1.165) is 31.6 Å². The van der Waals surface area contributed by atoms with Crippen LogP contribution in [0.5, 0.6) is 0 Å². The Morgan fingerprint density at radius 2 is 2.13 bits per heavy atom. The van der Waals surface area contributed by atoms with Gasteiger partial charge in [-0.15, -0.1) is 0 Å². The first-order valence-electron chi connectivity index (χ1n) is 5.35. The van der Waals surface area contributed by atoms with Crippen molar-refractivity contribution in [1.82, 2.24) is 14.9 Å². The molecule has 3 nitrogen and oxygen atoms in total. The summed E-state index contributed by atoms with van der Waals surface area (Å²) in [6.45, 7) is 3.16. The number of hydrogen-bond acceptors (Lipinski definition) is 3. The number of aromatic nitrogens is 2. The molecule has 0 atom stereocenters. The lowest BCUT2D eigenvalue weighted by Crippen LogP contribution is -2.16. The van der Waals surface area contributed by atoms with E-state index in [-0.39, 0.29) is 0 Å². The zero-order valence-electron chi connectivity index (χ0n) is 9.71. The highest BCUT2D eigenvalue weighted by atomic mass is 32.1. The van der Waals surface area contributed by atoms with Gasteiger partial charge in [0.2, 0.25) is 0 Å². The van der Waals surface area contributed by atoms with Crippen molar-refractivity contribution in [1.29, 1.82) is 0 Å². The molecule has 4 heteroatoms. The molecule has 1 aromatic rings. The number of hydrogen-bond donors (Lipinski definition) is 1. The molecule has 0 aliphatic heterocycles. The normalized spacial score (nSPS) is 10.9. The highest BCUT2D eigenvalue weighted by molar-refractivity contribution is 7.71. The molecule has 0 radical (unpaired) electrons. The molecule has 0 saturated heterocycles. The summed E-state index contributed by atoms with van der Waals surface area (Å²) in [5.74, 6) is 1.000. The van der Waals surface area contributed by atoms with Crippen LogP contribution in [0.25, 0.3) is 0 Å². The van der Waals surface area contributed by atoms with E-state index in [9.17, 15) is 0 Å². The average molecular weight is 225 g/mol. The summed E-state index contributed by atoms with van der Waals surface area (Å²) in [6.07, 6.45) is 3.09. The van der Waals surface area contributed by atoms with Crippen LogP contribution in [0.4, 0.5) is 0 Å². The van der Waals surface area contributed by atoms with Crippen LogP contribution in [0.15, 0.2) is 6.07 Å². The molecule has 0 spiro atoms. The summed E-state index contributed by atoms with van der Waals surface area (Å²) in [5.41, 5.74) is 1.20. The van der Waals surface area contributed by atoms with Gasteiger partial charge in [0.25, 0.3) is 0 Å². The van der Waals surface area contributed by atoms with Gasteiger partial charge < -0.3 is 9.88 Å². The molecule has 1 aromatic heterocycles. The van der Waals surface area contributed by atoms with Crippen molar-refractivity contribution in [2.75, 3.05) is 20.6 Å². The fourth-order valence-corrected chi connectivity index (χ4v) is 1.67. The Bertz CT molecular complexity index is 357. The number of H-pyrrole nitrogens is 1. The van der Waals surface area contributed by atoms with Crippen molar-refractivity contribution in [3.05, 3.63) is 22.2 Å². The van der Waals surface area contributed by atoms with Crippen molar-refractivity contribution in [3.8, 4) is 0 Å². The summed E-state index contributed by atoms with van der Waals surface area (Å²) in [6, 6.07) is 1.96. The zero-order chi connectivity index (χ0) is 11.3. The highest BCUT2D eigenvalue weighted by Crippen LogP contribution is 2.02. The summed E-state index contributed by atoms with van der Waals surface area (Å²) in [4.78, 5) is 9.80. The molecule has 1 rings (SSSR count). The van der Waals surface area contributed by atoms with E-state index in [1.807, 2.05) is 6.07 Å². The molecule has 84 valence electrons. The van der Waals surface area contributed by atoms with E-state index in [4.69, 9.17) is 12.2 Å². The third kappa shape index (κ3) is 4.53. The Kier molecular flexibility index (Phi) is 4.91. The Morgan fingerprint density at radius 3 is 2.73 bits per heavy atom. The first kappa shape index (κ1) is 12.3. The molecule has 0 unspecified atom stereocenters. The highest BCUT2D eigenvalue weighted by Gasteiger charge is 1.99. The maximum absolute atomic E-state index is 5.14. The van der Waals surface area contributed by atoms with Crippen molar-refractivity contribution in [2.24, 2.45) is 0 Å². The molecule has 1 heterocycles. The second-order valence-corrected chi connectivity index (χ2v) is 4.41. The first-order valence-corrected chi connectivity index (χ1v) is 5.76. The van der Waals surface area contributed by atoms with Gasteiger partial charge in [-0.2, -0.15) is 0 Å². The largest absolute Gasteiger partial charge is 0.347 e. The summed E-state index contributed by atoms with van der Waals surface area (Å²) >= 11 is 5.14. The van der Waals surface area contributed by atoms with Gasteiger partial charge in [0, 0.05) is 18.7 Å². The van der Waals surface area contributed by atoms with Crippen LogP contribution in [-0.2, 0) is 12.8 Å². The molecule has 0 saturated carbocycles. The predicted octanol–water partition coefficient (Wildman–Crippen LogP) is 2.20. The van der Waals surface area contributed by atoms with Gasteiger partial charge in [-0.25, -0.2) is 4.98 Å². The molecule has 0 bridgehead atoms. The lowest BCUT2D eigenvalue weighted by Gasteiger charge is -2.09. The van der Waals surface area contributed by atoms with E-state index >= 15 is 0 Å². The fraction of sp³-hybridized carbons (Fsp3) is 0.636.